The van der Waals surface area contributed by atoms with Crippen LogP contribution < -0.4 is 10.6 Å². The number of anilines is 2. The number of hydrogen-bond donors (Lipinski definition) is 3. The lowest BCUT2D eigenvalue weighted by Gasteiger charge is -2.13. The highest BCUT2D eigenvalue weighted by Gasteiger charge is 2.08. The van der Waals surface area contributed by atoms with Crippen molar-refractivity contribution in [3.05, 3.63) is 11.9 Å². The van der Waals surface area contributed by atoms with Crippen LogP contribution in [0.1, 0.15) is 18.9 Å². The number of ether oxygens (including phenoxy) is 1. The first-order valence-corrected chi connectivity index (χ1v) is 6.27. The van der Waals surface area contributed by atoms with E-state index >= 15 is 0 Å². The minimum absolute atomic E-state index is 0.0541. The number of hydrogen-bond acceptors (Lipinski definition) is 6. The van der Waals surface area contributed by atoms with Crippen LogP contribution in [-0.4, -0.2) is 48.5 Å². The topological polar surface area (TPSA) is 79.3 Å². The Morgan fingerprint density at radius 2 is 2.06 bits per heavy atom. The van der Waals surface area contributed by atoms with Gasteiger partial charge in [0.05, 0.1) is 19.8 Å². The quantitative estimate of drug-likeness (QED) is 0.568. The minimum atomic E-state index is 0.0541. The van der Waals surface area contributed by atoms with Crippen molar-refractivity contribution in [1.29, 1.82) is 0 Å². The fourth-order valence-electron chi connectivity index (χ4n) is 1.68. The second kappa shape index (κ2) is 8.66. The highest BCUT2D eigenvalue weighted by molar-refractivity contribution is 5.57. The molecule has 0 aliphatic heterocycles. The van der Waals surface area contributed by atoms with Gasteiger partial charge in [0.25, 0.3) is 0 Å². The molecule has 0 aliphatic rings. The molecule has 6 heteroatoms. The fourth-order valence-corrected chi connectivity index (χ4v) is 1.68. The van der Waals surface area contributed by atoms with Gasteiger partial charge in [-0.2, -0.15) is 0 Å². The van der Waals surface area contributed by atoms with Crippen molar-refractivity contribution in [2.45, 2.75) is 19.8 Å². The predicted molar refractivity (Wildman–Crippen MR) is 72.0 cm³/mol. The first-order chi connectivity index (χ1) is 8.83. The maximum absolute atomic E-state index is 8.59. The molecular weight excluding hydrogens is 232 g/mol. The van der Waals surface area contributed by atoms with Crippen molar-refractivity contribution >= 4 is 11.6 Å². The maximum atomic E-state index is 8.59. The normalized spacial score (nSPS) is 10.4. The van der Waals surface area contributed by atoms with Crippen LogP contribution >= 0.6 is 0 Å². The highest BCUT2D eigenvalue weighted by atomic mass is 16.5. The Bertz CT molecular complexity index is 347. The SMILES string of the molecule is CCCc1c(NC)ncnc1NCCOCCO. The molecule has 1 heterocycles. The molecule has 1 aromatic rings. The standard InChI is InChI=1S/C12H22N4O2/c1-3-4-10-11(13-2)15-9-16-12(10)14-5-7-18-8-6-17/h9,17H,3-8H2,1-2H3,(H2,13,14,15,16). The van der Waals surface area contributed by atoms with Gasteiger partial charge in [-0.15, -0.1) is 0 Å². The summed E-state index contributed by atoms with van der Waals surface area (Å²) < 4.78 is 5.19. The summed E-state index contributed by atoms with van der Waals surface area (Å²) in [4.78, 5) is 8.46. The zero-order chi connectivity index (χ0) is 13.2. The predicted octanol–water partition coefficient (Wildman–Crippen LogP) is 0.892. The average Bonchev–Trinajstić information content (AvgIpc) is 2.40. The third-order valence-corrected chi connectivity index (χ3v) is 2.46. The molecule has 0 aliphatic carbocycles. The van der Waals surface area contributed by atoms with E-state index in [1.54, 1.807) is 6.33 Å². The molecule has 1 rings (SSSR count). The van der Waals surface area contributed by atoms with Gasteiger partial charge in [-0.25, -0.2) is 9.97 Å². The number of nitrogens with one attached hydrogen (secondary N) is 2. The molecule has 0 fully saturated rings. The monoisotopic (exact) mass is 254 g/mol. The summed E-state index contributed by atoms with van der Waals surface area (Å²) in [6.45, 7) is 3.76. The molecule has 0 saturated carbocycles. The molecule has 0 aromatic carbocycles. The lowest BCUT2D eigenvalue weighted by atomic mass is 10.1. The van der Waals surface area contributed by atoms with Gasteiger partial charge in [-0.3, -0.25) is 0 Å². The lowest BCUT2D eigenvalue weighted by Crippen LogP contribution is -2.14. The third-order valence-electron chi connectivity index (χ3n) is 2.46. The van der Waals surface area contributed by atoms with Crippen molar-refractivity contribution < 1.29 is 9.84 Å². The second-order valence-corrected chi connectivity index (χ2v) is 3.81. The van der Waals surface area contributed by atoms with Crippen LogP contribution in [0.4, 0.5) is 11.6 Å². The number of aromatic nitrogens is 2. The van der Waals surface area contributed by atoms with E-state index < -0.39 is 0 Å². The van der Waals surface area contributed by atoms with Crippen LogP contribution in [0.15, 0.2) is 6.33 Å². The number of aliphatic hydroxyl groups is 1. The summed E-state index contributed by atoms with van der Waals surface area (Å²) in [6, 6.07) is 0. The van der Waals surface area contributed by atoms with E-state index in [2.05, 4.69) is 27.5 Å². The number of rotatable bonds is 9. The molecule has 0 atom stereocenters. The van der Waals surface area contributed by atoms with Gasteiger partial charge in [0, 0.05) is 19.2 Å². The molecular formula is C12H22N4O2. The van der Waals surface area contributed by atoms with E-state index in [1.807, 2.05) is 7.05 Å². The van der Waals surface area contributed by atoms with Gasteiger partial charge in [0.1, 0.15) is 18.0 Å². The summed E-state index contributed by atoms with van der Waals surface area (Å²) >= 11 is 0. The summed E-state index contributed by atoms with van der Waals surface area (Å²) in [5.74, 6) is 1.72. The van der Waals surface area contributed by atoms with Gasteiger partial charge < -0.3 is 20.5 Å². The van der Waals surface area contributed by atoms with E-state index in [-0.39, 0.29) is 6.61 Å². The zero-order valence-corrected chi connectivity index (χ0v) is 11.1. The van der Waals surface area contributed by atoms with Crippen molar-refractivity contribution in [1.82, 2.24) is 9.97 Å². The molecule has 0 bridgehead atoms. The number of aliphatic hydroxyl groups excluding tert-OH is 1. The summed E-state index contributed by atoms with van der Waals surface area (Å²) in [6.07, 6.45) is 3.51. The minimum Gasteiger partial charge on any atom is -0.394 e. The van der Waals surface area contributed by atoms with E-state index in [9.17, 15) is 0 Å². The molecule has 0 radical (unpaired) electrons. The Labute approximate surface area is 108 Å². The van der Waals surface area contributed by atoms with E-state index in [0.717, 1.165) is 30.0 Å². The van der Waals surface area contributed by atoms with Gasteiger partial charge in [-0.05, 0) is 6.42 Å². The van der Waals surface area contributed by atoms with Gasteiger partial charge in [-0.1, -0.05) is 13.3 Å². The number of nitrogens with zero attached hydrogens (tertiary/aromatic N) is 2. The van der Waals surface area contributed by atoms with Crippen molar-refractivity contribution in [2.75, 3.05) is 44.0 Å². The molecule has 0 amide bonds. The van der Waals surface area contributed by atoms with Crippen LogP contribution in [0.5, 0.6) is 0 Å². The Morgan fingerprint density at radius 1 is 1.28 bits per heavy atom. The molecule has 6 nitrogen and oxygen atoms in total. The molecule has 102 valence electrons. The summed E-state index contributed by atoms with van der Waals surface area (Å²) in [7, 11) is 1.86. The Kier molecular flexibility index (Phi) is 7.05. The van der Waals surface area contributed by atoms with Gasteiger partial charge in [0.15, 0.2) is 0 Å². The summed E-state index contributed by atoms with van der Waals surface area (Å²) in [5.41, 5.74) is 1.10. The van der Waals surface area contributed by atoms with Crippen molar-refractivity contribution in [3.8, 4) is 0 Å². The van der Waals surface area contributed by atoms with Crippen LogP contribution in [0.3, 0.4) is 0 Å². The molecule has 0 unspecified atom stereocenters. The van der Waals surface area contributed by atoms with Crippen LogP contribution in [0, 0.1) is 0 Å². The Morgan fingerprint density at radius 3 is 2.72 bits per heavy atom. The van der Waals surface area contributed by atoms with Gasteiger partial charge in [0.2, 0.25) is 0 Å². The third kappa shape index (κ3) is 4.46. The Balaban J connectivity index is 2.57. The summed E-state index contributed by atoms with van der Waals surface area (Å²) in [5, 5.41) is 14.9. The molecule has 18 heavy (non-hydrogen) atoms. The maximum Gasteiger partial charge on any atom is 0.134 e. The highest BCUT2D eigenvalue weighted by Crippen LogP contribution is 2.20. The lowest BCUT2D eigenvalue weighted by molar-refractivity contribution is 0.0992. The first-order valence-electron chi connectivity index (χ1n) is 6.27. The first kappa shape index (κ1) is 14.7. The molecule has 0 saturated heterocycles. The van der Waals surface area contributed by atoms with Gasteiger partial charge >= 0.3 is 0 Å². The molecule has 3 N–H and O–H groups in total. The molecule has 0 spiro atoms. The van der Waals surface area contributed by atoms with Crippen molar-refractivity contribution in [2.24, 2.45) is 0 Å². The van der Waals surface area contributed by atoms with Crippen LogP contribution in [0.2, 0.25) is 0 Å². The van der Waals surface area contributed by atoms with E-state index in [1.165, 1.54) is 0 Å². The zero-order valence-electron chi connectivity index (χ0n) is 11.1. The Hall–Kier alpha value is -1.40. The molecule has 1 aromatic heterocycles. The van der Waals surface area contributed by atoms with Crippen molar-refractivity contribution in [3.63, 3.8) is 0 Å². The van der Waals surface area contributed by atoms with E-state index in [0.29, 0.717) is 19.8 Å². The van der Waals surface area contributed by atoms with Crippen LogP contribution in [-0.2, 0) is 11.2 Å². The smallest absolute Gasteiger partial charge is 0.134 e. The van der Waals surface area contributed by atoms with E-state index in [4.69, 9.17) is 9.84 Å². The largest absolute Gasteiger partial charge is 0.394 e. The fraction of sp³-hybridized carbons (Fsp3) is 0.667. The van der Waals surface area contributed by atoms with Crippen LogP contribution in [0.25, 0.3) is 0 Å². The second-order valence-electron chi connectivity index (χ2n) is 3.81. The average molecular weight is 254 g/mol.